The summed E-state index contributed by atoms with van der Waals surface area (Å²) < 4.78 is 19.9. The van der Waals surface area contributed by atoms with Gasteiger partial charge in [-0.05, 0) is 133 Å². The molecule has 0 radical (unpaired) electrons. The second kappa shape index (κ2) is 15.8. The SMILES string of the molecule is CC(C)(C)c1ccc(N2c3ccc(C(C)(C)C)cc3B3c4cc(-n5c6ccc(C(C)(C)C)cc6c6cc(C(C)(C)C)ccc65)c5oc6ccccc6c5c4Oc4cc(-n5c6ccccc6c6ccccc65)cc2c43)cc1. The molecular weight excluding hydrogens is 926 g/mol. The first kappa shape index (κ1) is 46.6. The smallest absolute Gasteiger partial charge is 0.256 e. The minimum absolute atomic E-state index is 0.00135. The van der Waals surface area contributed by atoms with Gasteiger partial charge in [0.1, 0.15) is 17.1 Å². The molecule has 5 nitrogen and oxygen atoms in total. The Labute approximate surface area is 446 Å². The summed E-state index contributed by atoms with van der Waals surface area (Å²) in [7, 11) is 0. The number of nitrogens with zero attached hydrogens (tertiary/aromatic N) is 3. The van der Waals surface area contributed by atoms with Gasteiger partial charge in [0.2, 0.25) is 0 Å². The standard InChI is InChI=1S/C70H64BN3O2/c1-67(2,3)41-25-30-45(31-26-41)72-58-34-29-44(70(10,11)12)37-52(58)71-53-40-60(74-56-32-27-42(68(4,5)6)35-50(56)51-36-43(69(7,8)9)28-33-57(51)74)66-63(49-21-15-18-24-61(49)75-66)65(53)76-62-39-46(38-59(72)64(62)71)73-54-22-16-13-19-47(54)48-20-14-17-23-55(48)73/h13-40H,1-12H3. The summed E-state index contributed by atoms with van der Waals surface area (Å²) in [5.74, 6) is 1.68. The topological polar surface area (TPSA) is 35.5 Å². The molecule has 9 aromatic carbocycles. The van der Waals surface area contributed by atoms with Gasteiger partial charge in [-0.2, -0.15) is 0 Å². The Bertz CT molecular complexity index is 4300. The van der Waals surface area contributed by atoms with Gasteiger partial charge in [0.25, 0.3) is 6.71 Å². The number of rotatable bonds is 3. The molecule has 14 rings (SSSR count). The van der Waals surface area contributed by atoms with Gasteiger partial charge in [-0.3, -0.25) is 0 Å². The molecule has 0 atom stereocenters. The maximum absolute atomic E-state index is 7.77. The lowest BCUT2D eigenvalue weighted by molar-refractivity contribution is 0.492. The Morgan fingerprint density at radius 2 is 0.895 bits per heavy atom. The largest absolute Gasteiger partial charge is 0.457 e. The quantitative estimate of drug-likeness (QED) is 0.166. The Morgan fingerprint density at radius 1 is 0.382 bits per heavy atom. The van der Waals surface area contributed by atoms with Crippen molar-refractivity contribution in [1.29, 1.82) is 0 Å². The molecule has 0 saturated carbocycles. The summed E-state index contributed by atoms with van der Waals surface area (Å²) in [5, 5.41) is 6.93. The third-order valence-corrected chi connectivity index (χ3v) is 16.8. The molecule has 0 unspecified atom stereocenters. The van der Waals surface area contributed by atoms with E-state index in [4.69, 9.17) is 9.15 Å². The molecule has 6 heteroatoms. The van der Waals surface area contributed by atoms with Crippen molar-refractivity contribution >= 4 is 106 Å². The van der Waals surface area contributed by atoms with Gasteiger partial charge < -0.3 is 23.2 Å². The molecule has 0 N–H and O–H groups in total. The average Bonchev–Trinajstić information content (AvgIpc) is 4.16. The molecule has 0 aliphatic carbocycles. The van der Waals surface area contributed by atoms with Crippen LogP contribution in [0.3, 0.4) is 0 Å². The molecule has 0 fully saturated rings. The van der Waals surface area contributed by atoms with E-state index in [1.165, 1.54) is 49.3 Å². The summed E-state index contributed by atoms with van der Waals surface area (Å²) in [6.45, 7) is 27.5. The van der Waals surface area contributed by atoms with Crippen LogP contribution in [0.5, 0.6) is 11.5 Å². The second-order valence-electron chi connectivity index (χ2n) is 25.9. The van der Waals surface area contributed by atoms with Crippen molar-refractivity contribution in [3.63, 3.8) is 0 Å². The lowest BCUT2D eigenvalue weighted by Gasteiger charge is -2.41. The minimum atomic E-state index is -0.201. The fourth-order valence-corrected chi connectivity index (χ4v) is 12.6. The molecule has 5 heterocycles. The van der Waals surface area contributed by atoms with E-state index >= 15 is 0 Å². The molecule has 76 heavy (non-hydrogen) atoms. The van der Waals surface area contributed by atoms with Gasteiger partial charge in [0.05, 0.1) is 38.8 Å². The van der Waals surface area contributed by atoms with Crippen molar-refractivity contribution in [1.82, 2.24) is 9.13 Å². The molecule has 3 aromatic heterocycles. The normalized spacial score (nSPS) is 13.8. The van der Waals surface area contributed by atoms with Crippen LogP contribution in [0, 0.1) is 0 Å². The van der Waals surface area contributed by atoms with E-state index in [9.17, 15) is 0 Å². The molecule has 0 bridgehead atoms. The van der Waals surface area contributed by atoms with Crippen LogP contribution in [0.1, 0.15) is 105 Å². The van der Waals surface area contributed by atoms with Gasteiger partial charge in [0, 0.05) is 50.1 Å². The molecule has 0 spiro atoms. The van der Waals surface area contributed by atoms with Crippen LogP contribution in [-0.2, 0) is 21.7 Å². The zero-order chi connectivity index (χ0) is 52.5. The van der Waals surface area contributed by atoms with Crippen molar-refractivity contribution in [2.45, 2.75) is 105 Å². The lowest BCUT2D eigenvalue weighted by atomic mass is 9.34. The molecule has 0 amide bonds. The molecular formula is C70H64BN3O2. The van der Waals surface area contributed by atoms with Gasteiger partial charge >= 0.3 is 0 Å². The van der Waals surface area contributed by atoms with Crippen molar-refractivity contribution in [3.05, 3.63) is 192 Å². The number of para-hydroxylation sites is 3. The van der Waals surface area contributed by atoms with E-state index in [-0.39, 0.29) is 28.4 Å². The maximum Gasteiger partial charge on any atom is 0.256 e. The highest BCUT2D eigenvalue weighted by atomic mass is 16.5. The highest BCUT2D eigenvalue weighted by molar-refractivity contribution is 6.99. The number of ether oxygens (including phenoxy) is 1. The molecule has 2 aliphatic rings. The Kier molecular flexibility index (Phi) is 9.68. The van der Waals surface area contributed by atoms with Gasteiger partial charge in [-0.25, -0.2) is 0 Å². The third kappa shape index (κ3) is 6.84. The third-order valence-electron chi connectivity index (χ3n) is 16.8. The van der Waals surface area contributed by atoms with Crippen molar-refractivity contribution in [2.75, 3.05) is 4.90 Å². The van der Waals surface area contributed by atoms with Crippen LogP contribution in [0.25, 0.3) is 76.9 Å². The van der Waals surface area contributed by atoms with Crippen LogP contribution in [-0.4, -0.2) is 15.8 Å². The highest BCUT2D eigenvalue weighted by Gasteiger charge is 2.45. The summed E-state index contributed by atoms with van der Waals surface area (Å²) in [6.07, 6.45) is 0. The maximum atomic E-state index is 7.77. The lowest BCUT2D eigenvalue weighted by Crippen LogP contribution is -2.60. The summed E-state index contributed by atoms with van der Waals surface area (Å²) in [5.41, 5.74) is 20.2. The molecule has 374 valence electrons. The second-order valence-corrected chi connectivity index (χ2v) is 25.9. The summed E-state index contributed by atoms with van der Waals surface area (Å²) in [6, 6.07) is 63.9. The Balaban J connectivity index is 1.12. The minimum Gasteiger partial charge on any atom is -0.457 e. The number of aromatic nitrogens is 2. The number of fused-ring (bicyclic) bond motifs is 14. The monoisotopic (exact) mass is 990 g/mol. The number of anilines is 3. The number of hydrogen-bond acceptors (Lipinski definition) is 3. The van der Waals surface area contributed by atoms with Crippen LogP contribution >= 0.6 is 0 Å². The molecule has 0 saturated heterocycles. The number of benzene rings is 9. The number of hydrogen-bond donors (Lipinski definition) is 0. The average molecular weight is 990 g/mol. The van der Waals surface area contributed by atoms with Crippen LogP contribution in [0.4, 0.5) is 17.1 Å². The van der Waals surface area contributed by atoms with Crippen molar-refractivity contribution in [2.24, 2.45) is 0 Å². The van der Waals surface area contributed by atoms with Crippen molar-refractivity contribution in [3.8, 4) is 22.9 Å². The Morgan fingerprint density at radius 3 is 1.49 bits per heavy atom. The van der Waals surface area contributed by atoms with Gasteiger partial charge in [-0.15, -0.1) is 0 Å². The van der Waals surface area contributed by atoms with Crippen LogP contribution in [0.2, 0.25) is 0 Å². The summed E-state index contributed by atoms with van der Waals surface area (Å²) in [4.78, 5) is 2.51. The van der Waals surface area contributed by atoms with E-state index in [1.54, 1.807) is 0 Å². The zero-order valence-electron chi connectivity index (χ0n) is 45.9. The van der Waals surface area contributed by atoms with E-state index in [2.05, 4.69) is 267 Å². The highest BCUT2D eigenvalue weighted by Crippen LogP contribution is 2.49. The van der Waals surface area contributed by atoms with Gasteiger partial charge in [0.15, 0.2) is 5.58 Å². The van der Waals surface area contributed by atoms with E-state index in [0.29, 0.717) is 0 Å². The predicted molar refractivity (Wildman–Crippen MR) is 323 cm³/mol. The molecule has 2 aliphatic heterocycles. The van der Waals surface area contributed by atoms with E-state index < -0.39 is 0 Å². The predicted octanol–water partition coefficient (Wildman–Crippen LogP) is 17.4. The zero-order valence-corrected chi connectivity index (χ0v) is 45.9. The van der Waals surface area contributed by atoms with Crippen molar-refractivity contribution < 1.29 is 9.15 Å². The fraction of sp³-hybridized carbons (Fsp3) is 0.229. The Hall–Kier alpha value is -7.96. The van der Waals surface area contributed by atoms with E-state index in [1.807, 2.05) is 0 Å². The van der Waals surface area contributed by atoms with Crippen LogP contribution < -0.4 is 26.0 Å². The first-order valence-corrected chi connectivity index (χ1v) is 27.2. The molecule has 12 aromatic rings. The first-order chi connectivity index (χ1) is 36.2. The fourth-order valence-electron chi connectivity index (χ4n) is 12.6. The van der Waals surface area contributed by atoms with Crippen LogP contribution in [0.15, 0.2) is 174 Å². The number of furan rings is 1. The first-order valence-electron chi connectivity index (χ1n) is 27.2. The van der Waals surface area contributed by atoms with Gasteiger partial charge in [-0.1, -0.05) is 174 Å². The summed E-state index contributed by atoms with van der Waals surface area (Å²) >= 11 is 0. The van der Waals surface area contributed by atoms with E-state index in [0.717, 1.165) is 94.9 Å².